The lowest BCUT2D eigenvalue weighted by molar-refractivity contribution is -0.384. The first-order valence-electron chi connectivity index (χ1n) is 8.32. The van der Waals surface area contributed by atoms with Gasteiger partial charge in [0.05, 0.1) is 23.6 Å². The van der Waals surface area contributed by atoms with Gasteiger partial charge in [-0.15, -0.1) is 0 Å². The molecule has 1 amide bonds. The number of halogens is 3. The second-order valence-electron chi connectivity index (χ2n) is 6.00. The van der Waals surface area contributed by atoms with E-state index in [1.165, 1.54) is 0 Å². The summed E-state index contributed by atoms with van der Waals surface area (Å²) >= 11 is 0. The second-order valence-corrected chi connectivity index (χ2v) is 6.00. The van der Waals surface area contributed by atoms with Crippen LogP contribution in [-0.4, -0.2) is 68.7 Å². The number of carbonyl (C=O) groups excluding carboxylic acids is 1. The molecule has 0 atom stereocenters. The smallest absolute Gasteiger partial charge is 0.383 e. The molecule has 1 heterocycles. The molecule has 1 aliphatic heterocycles. The van der Waals surface area contributed by atoms with Crippen LogP contribution in [-0.2, 0) is 15.7 Å². The van der Waals surface area contributed by atoms with E-state index >= 15 is 0 Å². The molecular formula is C16H21F3N4O4. The van der Waals surface area contributed by atoms with E-state index in [-0.39, 0.29) is 18.1 Å². The minimum absolute atomic E-state index is 0.104. The Morgan fingerprint density at radius 1 is 1.30 bits per heavy atom. The summed E-state index contributed by atoms with van der Waals surface area (Å²) in [7, 11) is 1.56. The molecule has 1 aromatic rings. The number of nitrogens with zero attached hydrogens (tertiary/aromatic N) is 3. The molecule has 0 unspecified atom stereocenters. The van der Waals surface area contributed by atoms with E-state index in [2.05, 4.69) is 5.32 Å². The molecule has 0 aromatic heterocycles. The minimum atomic E-state index is -4.65. The Morgan fingerprint density at radius 3 is 2.52 bits per heavy atom. The minimum Gasteiger partial charge on any atom is -0.383 e. The third kappa shape index (κ3) is 5.54. The van der Waals surface area contributed by atoms with Gasteiger partial charge in [0.25, 0.3) is 5.69 Å². The molecule has 0 aliphatic carbocycles. The normalized spacial score (nSPS) is 15.1. The van der Waals surface area contributed by atoms with Crippen molar-refractivity contribution in [2.75, 3.05) is 57.9 Å². The standard InChI is InChI=1S/C16H21F3N4O4/c1-27-9-4-20-11-15(24)22-7-5-21(6-8-22)13-3-2-12(16(17,18)19)10-14(13)23(25)26/h2-3,10,20H,4-9,11H2,1H3. The van der Waals surface area contributed by atoms with Crippen molar-refractivity contribution in [2.24, 2.45) is 0 Å². The van der Waals surface area contributed by atoms with Crippen molar-refractivity contribution in [2.45, 2.75) is 6.18 Å². The molecule has 0 bridgehead atoms. The summed E-state index contributed by atoms with van der Waals surface area (Å²) in [6.07, 6.45) is -4.65. The molecular weight excluding hydrogens is 369 g/mol. The van der Waals surface area contributed by atoms with Crippen LogP contribution >= 0.6 is 0 Å². The summed E-state index contributed by atoms with van der Waals surface area (Å²) < 4.78 is 43.3. The average molecular weight is 390 g/mol. The molecule has 0 radical (unpaired) electrons. The predicted octanol–water partition coefficient (Wildman–Crippen LogP) is 1.50. The number of anilines is 1. The number of rotatable bonds is 7. The summed E-state index contributed by atoms with van der Waals surface area (Å²) in [6.45, 7) is 2.46. The number of carbonyl (C=O) groups is 1. The van der Waals surface area contributed by atoms with Crippen LogP contribution in [0.1, 0.15) is 5.56 Å². The molecule has 8 nitrogen and oxygen atoms in total. The highest BCUT2D eigenvalue weighted by molar-refractivity contribution is 5.78. The molecule has 11 heteroatoms. The van der Waals surface area contributed by atoms with Gasteiger partial charge in [0.1, 0.15) is 5.69 Å². The number of piperazine rings is 1. The zero-order valence-corrected chi connectivity index (χ0v) is 14.8. The van der Waals surface area contributed by atoms with Gasteiger partial charge in [-0.1, -0.05) is 0 Å². The third-order valence-electron chi connectivity index (χ3n) is 4.23. The van der Waals surface area contributed by atoms with Crippen molar-refractivity contribution in [1.82, 2.24) is 10.2 Å². The maximum Gasteiger partial charge on any atom is 0.416 e. The predicted molar refractivity (Wildman–Crippen MR) is 91.6 cm³/mol. The van der Waals surface area contributed by atoms with Crippen molar-refractivity contribution in [3.63, 3.8) is 0 Å². The monoisotopic (exact) mass is 390 g/mol. The molecule has 0 saturated carbocycles. The van der Waals surface area contributed by atoms with Gasteiger partial charge in [-0.25, -0.2) is 0 Å². The number of ether oxygens (including phenoxy) is 1. The fraction of sp³-hybridized carbons (Fsp3) is 0.562. The first-order chi connectivity index (χ1) is 12.7. The SMILES string of the molecule is COCCNCC(=O)N1CCN(c2ccc(C(F)(F)F)cc2[N+](=O)[O-])CC1. The van der Waals surface area contributed by atoms with Gasteiger partial charge in [-0.3, -0.25) is 14.9 Å². The molecule has 1 aromatic carbocycles. The molecule has 1 fully saturated rings. The first kappa shape index (κ1) is 20.9. The molecule has 1 saturated heterocycles. The number of amides is 1. The van der Waals surface area contributed by atoms with Crippen LogP contribution in [0.25, 0.3) is 0 Å². The summed E-state index contributed by atoms with van der Waals surface area (Å²) in [5.74, 6) is -0.104. The van der Waals surface area contributed by atoms with Crippen LogP contribution in [0.5, 0.6) is 0 Å². The van der Waals surface area contributed by atoms with E-state index in [9.17, 15) is 28.1 Å². The van der Waals surface area contributed by atoms with E-state index in [1.807, 2.05) is 0 Å². The van der Waals surface area contributed by atoms with E-state index in [1.54, 1.807) is 16.9 Å². The Balaban J connectivity index is 2.01. The van der Waals surface area contributed by atoms with Gasteiger partial charge >= 0.3 is 6.18 Å². The summed E-state index contributed by atoms with van der Waals surface area (Å²) in [5, 5.41) is 14.2. The van der Waals surface area contributed by atoms with Crippen molar-refractivity contribution in [3.05, 3.63) is 33.9 Å². The Labute approximate surface area is 154 Å². The van der Waals surface area contributed by atoms with Crippen molar-refractivity contribution >= 4 is 17.3 Å². The van der Waals surface area contributed by atoms with Gasteiger partial charge in [0.2, 0.25) is 5.91 Å². The molecule has 2 rings (SSSR count). The fourth-order valence-electron chi connectivity index (χ4n) is 2.79. The topological polar surface area (TPSA) is 88.0 Å². The zero-order chi connectivity index (χ0) is 20.0. The maximum atomic E-state index is 12.8. The number of nitrogens with one attached hydrogen (secondary N) is 1. The Kier molecular flexibility index (Phi) is 6.97. The van der Waals surface area contributed by atoms with Gasteiger partial charge in [0.15, 0.2) is 0 Å². The number of nitro groups is 1. The average Bonchev–Trinajstić information content (AvgIpc) is 2.64. The third-order valence-corrected chi connectivity index (χ3v) is 4.23. The quantitative estimate of drug-likeness (QED) is 0.431. The summed E-state index contributed by atoms with van der Waals surface area (Å²) in [4.78, 5) is 25.7. The van der Waals surface area contributed by atoms with E-state index in [0.29, 0.717) is 45.4 Å². The second kappa shape index (κ2) is 9.00. The van der Waals surface area contributed by atoms with Crippen LogP contribution in [0, 0.1) is 10.1 Å². The molecule has 0 spiro atoms. The number of benzene rings is 1. The van der Waals surface area contributed by atoms with Gasteiger partial charge < -0.3 is 19.9 Å². The van der Waals surface area contributed by atoms with Gasteiger partial charge in [0, 0.05) is 45.9 Å². The Bertz CT molecular complexity index is 676. The Hall–Kier alpha value is -2.40. The zero-order valence-electron chi connectivity index (χ0n) is 14.8. The van der Waals surface area contributed by atoms with Crippen LogP contribution in [0.15, 0.2) is 18.2 Å². The number of hydrogen-bond acceptors (Lipinski definition) is 6. The highest BCUT2D eigenvalue weighted by Gasteiger charge is 2.34. The van der Waals surface area contributed by atoms with Crippen LogP contribution in [0.2, 0.25) is 0 Å². The van der Waals surface area contributed by atoms with Crippen molar-refractivity contribution < 1.29 is 27.6 Å². The van der Waals surface area contributed by atoms with Gasteiger partial charge in [-0.2, -0.15) is 13.2 Å². The lowest BCUT2D eigenvalue weighted by atomic mass is 10.1. The number of alkyl halides is 3. The molecule has 27 heavy (non-hydrogen) atoms. The highest BCUT2D eigenvalue weighted by atomic mass is 19.4. The highest BCUT2D eigenvalue weighted by Crippen LogP contribution is 2.36. The van der Waals surface area contributed by atoms with Crippen LogP contribution in [0.4, 0.5) is 24.5 Å². The number of hydrogen-bond donors (Lipinski definition) is 1. The fourth-order valence-corrected chi connectivity index (χ4v) is 2.79. The lowest BCUT2D eigenvalue weighted by Gasteiger charge is -2.36. The van der Waals surface area contributed by atoms with Crippen LogP contribution in [0.3, 0.4) is 0 Å². The first-order valence-corrected chi connectivity index (χ1v) is 8.32. The largest absolute Gasteiger partial charge is 0.416 e. The summed E-state index contributed by atoms with van der Waals surface area (Å²) in [6, 6.07) is 2.50. The Morgan fingerprint density at radius 2 is 1.96 bits per heavy atom. The van der Waals surface area contributed by atoms with E-state index in [0.717, 1.165) is 12.1 Å². The van der Waals surface area contributed by atoms with E-state index < -0.39 is 22.4 Å². The molecule has 1 aliphatic rings. The summed E-state index contributed by atoms with van der Waals surface area (Å²) in [5.41, 5.74) is -1.53. The lowest BCUT2D eigenvalue weighted by Crippen LogP contribution is -2.51. The van der Waals surface area contributed by atoms with Crippen molar-refractivity contribution in [1.29, 1.82) is 0 Å². The maximum absolute atomic E-state index is 12.8. The number of methoxy groups -OCH3 is 1. The van der Waals surface area contributed by atoms with Gasteiger partial charge in [-0.05, 0) is 12.1 Å². The number of nitro benzene ring substituents is 1. The van der Waals surface area contributed by atoms with Crippen LogP contribution < -0.4 is 10.2 Å². The van der Waals surface area contributed by atoms with Crippen molar-refractivity contribution in [3.8, 4) is 0 Å². The van der Waals surface area contributed by atoms with E-state index in [4.69, 9.17) is 4.74 Å². The molecule has 1 N–H and O–H groups in total. The molecule has 150 valence electrons.